The van der Waals surface area contributed by atoms with Crippen LogP contribution >= 0.6 is 7.82 Å². The lowest BCUT2D eigenvalue weighted by atomic mass is 10.0. The summed E-state index contributed by atoms with van der Waals surface area (Å²) in [6.45, 7) is 7.05. The minimum atomic E-state index is -4.43. The van der Waals surface area contributed by atoms with Crippen LogP contribution in [0, 0.1) is 0 Å². The molecule has 3 atom stereocenters. The summed E-state index contributed by atoms with van der Waals surface area (Å²) >= 11 is 0. The first-order chi connectivity index (χ1) is 33.4. The second-order valence-corrected chi connectivity index (χ2v) is 23.3. The Labute approximate surface area is 429 Å². The number of phosphoric ester groups is 1. The Bertz CT molecular complexity index is 1190. The van der Waals surface area contributed by atoms with E-state index in [-0.39, 0.29) is 25.1 Å². The summed E-state index contributed by atoms with van der Waals surface area (Å²) in [4.78, 5) is 37.6. The predicted octanol–water partition coefficient (Wildman–Crippen LogP) is 18.0. The molecule has 10 heteroatoms. The van der Waals surface area contributed by atoms with Gasteiger partial charge in [-0.2, -0.15) is 0 Å². The van der Waals surface area contributed by atoms with Crippen molar-refractivity contribution in [1.29, 1.82) is 0 Å². The molecule has 69 heavy (non-hydrogen) atoms. The lowest BCUT2D eigenvalue weighted by Gasteiger charge is -2.27. The van der Waals surface area contributed by atoms with E-state index in [0.717, 1.165) is 57.8 Å². The molecule has 0 aliphatic rings. The zero-order valence-corrected chi connectivity index (χ0v) is 47.7. The van der Waals surface area contributed by atoms with Gasteiger partial charge in [0.05, 0.1) is 33.8 Å². The molecular weight excluding hydrogens is 880 g/mol. The van der Waals surface area contributed by atoms with E-state index in [2.05, 4.69) is 26.1 Å². The zero-order valence-electron chi connectivity index (χ0n) is 46.8. The van der Waals surface area contributed by atoms with Crippen molar-refractivity contribution in [3.63, 3.8) is 0 Å². The number of carbonyl (C=O) groups excluding carboxylic acids is 2. The van der Waals surface area contributed by atoms with Gasteiger partial charge in [0.25, 0.3) is 0 Å². The summed E-state index contributed by atoms with van der Waals surface area (Å²) in [5.74, 6) is -0.485. The lowest BCUT2D eigenvalue weighted by molar-refractivity contribution is -0.870. The van der Waals surface area contributed by atoms with Gasteiger partial charge >= 0.3 is 13.8 Å². The number of quaternary nitrogens is 1. The second kappa shape index (κ2) is 50.3. The van der Waals surface area contributed by atoms with Crippen molar-refractivity contribution in [2.45, 2.75) is 315 Å². The third kappa shape index (κ3) is 51.5. The highest BCUT2D eigenvalue weighted by molar-refractivity contribution is 7.47. The van der Waals surface area contributed by atoms with Gasteiger partial charge in [0, 0.05) is 12.8 Å². The van der Waals surface area contributed by atoms with E-state index < -0.39 is 20.0 Å². The van der Waals surface area contributed by atoms with Gasteiger partial charge in [0.1, 0.15) is 19.3 Å². The van der Waals surface area contributed by atoms with E-state index >= 15 is 0 Å². The van der Waals surface area contributed by atoms with Crippen molar-refractivity contribution in [2.75, 3.05) is 40.9 Å². The van der Waals surface area contributed by atoms with Crippen LogP contribution in [0.2, 0.25) is 0 Å². The van der Waals surface area contributed by atoms with Gasteiger partial charge in [-0.1, -0.05) is 271 Å². The van der Waals surface area contributed by atoms with E-state index in [4.69, 9.17) is 13.8 Å². The van der Waals surface area contributed by atoms with Crippen molar-refractivity contribution < 1.29 is 37.3 Å². The molecule has 0 saturated carbocycles. The number of likely N-dealkylation sites (N-methyl/N-ethyl adjacent to an activating group) is 1. The van der Waals surface area contributed by atoms with Crippen molar-refractivity contribution in [3.05, 3.63) is 12.2 Å². The number of hydrogen-bond acceptors (Lipinski definition) is 6. The molecule has 0 aliphatic heterocycles. The standard InChI is InChI=1S/C59H117N2O7P/c1-7-10-13-16-19-22-25-28-30-31-32-34-37-40-43-46-49-52-59(63)68-57(50-47-44-41-38-35-27-24-21-18-15-12-9-3)56(55-67-69(64,65)66-54-53-61(4,5)6)60-58(62)51-48-45-42-39-36-33-29-26-23-20-17-14-11-8-2/h47,50,56-57H,7-46,48-49,51-55H2,1-6H3,(H-,60,62,64,65)/p+1/b50-47+. The Kier molecular flexibility index (Phi) is 49.4. The topological polar surface area (TPSA) is 111 Å². The molecule has 0 radical (unpaired) electrons. The molecule has 0 saturated heterocycles. The molecule has 0 fully saturated rings. The van der Waals surface area contributed by atoms with Crippen LogP contribution in [-0.2, 0) is 27.9 Å². The Morgan fingerprint density at radius 1 is 0.493 bits per heavy atom. The number of unbranched alkanes of at least 4 members (excludes halogenated alkanes) is 39. The van der Waals surface area contributed by atoms with Crippen molar-refractivity contribution in [3.8, 4) is 0 Å². The fourth-order valence-electron chi connectivity index (χ4n) is 9.06. The maximum absolute atomic E-state index is 13.5. The Morgan fingerprint density at radius 2 is 0.826 bits per heavy atom. The summed E-state index contributed by atoms with van der Waals surface area (Å²) in [5.41, 5.74) is 0. The summed E-state index contributed by atoms with van der Waals surface area (Å²) < 4.78 is 30.7. The molecule has 9 nitrogen and oxygen atoms in total. The minimum Gasteiger partial charge on any atom is -0.456 e. The van der Waals surface area contributed by atoms with Gasteiger partial charge in [0.15, 0.2) is 0 Å². The summed E-state index contributed by atoms with van der Waals surface area (Å²) in [6, 6.07) is -0.838. The first-order valence-corrected chi connectivity index (χ1v) is 31.5. The maximum atomic E-state index is 13.5. The highest BCUT2D eigenvalue weighted by Crippen LogP contribution is 2.43. The first kappa shape index (κ1) is 67.8. The lowest BCUT2D eigenvalue weighted by Crippen LogP contribution is -2.47. The number of ether oxygens (including phenoxy) is 1. The molecule has 0 spiro atoms. The largest absolute Gasteiger partial charge is 0.472 e. The number of amides is 1. The van der Waals surface area contributed by atoms with Crippen molar-refractivity contribution in [2.24, 2.45) is 0 Å². The van der Waals surface area contributed by atoms with Gasteiger partial charge in [-0.15, -0.1) is 0 Å². The van der Waals surface area contributed by atoms with Crippen molar-refractivity contribution >= 4 is 19.7 Å². The molecule has 0 aromatic heterocycles. The molecule has 0 aliphatic carbocycles. The highest BCUT2D eigenvalue weighted by atomic mass is 31.2. The molecule has 0 heterocycles. The third-order valence-electron chi connectivity index (χ3n) is 13.7. The Balaban J connectivity index is 5.26. The number of esters is 1. The highest BCUT2D eigenvalue weighted by Gasteiger charge is 2.30. The number of phosphoric acid groups is 1. The number of carbonyl (C=O) groups is 2. The molecule has 0 aromatic carbocycles. The van der Waals surface area contributed by atoms with Gasteiger partial charge in [0.2, 0.25) is 5.91 Å². The number of nitrogens with zero attached hydrogens (tertiary/aromatic N) is 1. The average Bonchev–Trinajstić information content (AvgIpc) is 3.31. The fourth-order valence-corrected chi connectivity index (χ4v) is 9.80. The van der Waals surface area contributed by atoms with Gasteiger partial charge in [-0.3, -0.25) is 18.6 Å². The second-order valence-electron chi connectivity index (χ2n) is 21.9. The number of allylic oxidation sites excluding steroid dienone is 1. The fraction of sp³-hybridized carbons (Fsp3) is 0.932. The molecule has 1 amide bonds. The van der Waals surface area contributed by atoms with Gasteiger partial charge in [-0.05, 0) is 31.8 Å². The number of rotatable bonds is 55. The van der Waals surface area contributed by atoms with Crippen molar-refractivity contribution in [1.82, 2.24) is 5.32 Å². The smallest absolute Gasteiger partial charge is 0.456 e. The number of nitrogens with one attached hydrogen (secondary N) is 1. The Morgan fingerprint density at radius 3 is 1.19 bits per heavy atom. The van der Waals surface area contributed by atoms with E-state index in [1.54, 1.807) is 0 Å². The normalized spacial score (nSPS) is 13.8. The van der Waals surface area contributed by atoms with Crippen LogP contribution in [0.1, 0.15) is 303 Å². The van der Waals surface area contributed by atoms with Crippen LogP contribution in [0.5, 0.6) is 0 Å². The number of hydrogen-bond donors (Lipinski definition) is 2. The first-order valence-electron chi connectivity index (χ1n) is 30.0. The molecule has 2 N–H and O–H groups in total. The van der Waals surface area contributed by atoms with E-state index in [9.17, 15) is 19.0 Å². The Hall–Kier alpha value is -1.25. The molecule has 0 rings (SSSR count). The minimum absolute atomic E-state index is 0.0456. The third-order valence-corrected chi connectivity index (χ3v) is 14.7. The summed E-state index contributed by atoms with van der Waals surface area (Å²) in [6.07, 6.45) is 56.2. The van der Waals surface area contributed by atoms with Crippen LogP contribution in [-0.4, -0.2) is 74.3 Å². The molecule has 3 unspecified atom stereocenters. The van der Waals surface area contributed by atoms with Crippen LogP contribution in [0.4, 0.5) is 0 Å². The molecule has 0 aromatic rings. The molecular formula is C59H118N2O7P+. The van der Waals surface area contributed by atoms with E-state index in [0.29, 0.717) is 23.9 Å². The van der Waals surface area contributed by atoms with Gasteiger partial charge < -0.3 is 19.4 Å². The van der Waals surface area contributed by atoms with Crippen LogP contribution in [0.15, 0.2) is 12.2 Å². The molecule has 410 valence electrons. The van der Waals surface area contributed by atoms with E-state index in [1.165, 1.54) is 212 Å². The SMILES string of the molecule is CCCCCCCCCCCC/C=C/C(OC(=O)CCCCCCCCCCCCCCCCCCC)C(COP(=O)(O)OCC[N+](C)(C)C)NC(=O)CCCCCCCCCCCCCCCC. The maximum Gasteiger partial charge on any atom is 0.472 e. The summed E-state index contributed by atoms with van der Waals surface area (Å²) in [5, 5.41) is 3.06. The van der Waals surface area contributed by atoms with Crippen LogP contribution < -0.4 is 5.32 Å². The zero-order chi connectivity index (χ0) is 50.8. The monoisotopic (exact) mass is 998 g/mol. The predicted molar refractivity (Wildman–Crippen MR) is 296 cm³/mol. The summed E-state index contributed by atoms with van der Waals surface area (Å²) in [7, 11) is 1.52. The van der Waals surface area contributed by atoms with Gasteiger partial charge in [-0.25, -0.2) is 4.57 Å². The average molecular weight is 999 g/mol. The van der Waals surface area contributed by atoms with E-state index in [1.807, 2.05) is 33.3 Å². The van der Waals surface area contributed by atoms with Crippen LogP contribution in [0.3, 0.4) is 0 Å². The molecule has 0 bridgehead atoms. The van der Waals surface area contributed by atoms with Crippen LogP contribution in [0.25, 0.3) is 0 Å². The quantitative estimate of drug-likeness (QED) is 0.0205.